The van der Waals surface area contributed by atoms with Crippen molar-refractivity contribution < 1.29 is 9.53 Å². The van der Waals surface area contributed by atoms with Crippen molar-refractivity contribution >= 4 is 34.2 Å². The molecule has 0 spiro atoms. The van der Waals surface area contributed by atoms with Crippen LogP contribution in [0.2, 0.25) is 0 Å². The van der Waals surface area contributed by atoms with E-state index < -0.39 is 5.91 Å². The lowest BCUT2D eigenvalue weighted by atomic mass is 10.0. The zero-order valence-electron chi connectivity index (χ0n) is 8.77. The first kappa shape index (κ1) is 15.2. The lowest BCUT2D eigenvalue weighted by Crippen LogP contribution is -2.20. The minimum absolute atomic E-state index is 0. The van der Waals surface area contributed by atoms with Gasteiger partial charge in [-0.2, -0.15) is 0 Å². The third-order valence-electron chi connectivity index (χ3n) is 2.03. The molecule has 0 saturated carbocycles. The quantitative estimate of drug-likeness (QED) is 0.889. The van der Waals surface area contributed by atoms with Crippen LogP contribution in [0.4, 0.5) is 0 Å². The number of primary amides is 1. The molecule has 6 heteroatoms. The monoisotopic (exact) mass is 308 g/mol. The SMILES string of the molecule is COc1ccc(C(N)CC(N)=O)cc1Br.Cl. The number of carbonyl (C=O) groups excluding carboxylic acids is 1. The summed E-state index contributed by atoms with van der Waals surface area (Å²) in [5, 5.41) is 0. The Morgan fingerprint density at radius 2 is 2.19 bits per heavy atom. The number of hydrogen-bond acceptors (Lipinski definition) is 3. The maximum absolute atomic E-state index is 10.7. The summed E-state index contributed by atoms with van der Waals surface area (Å²) in [5.74, 6) is 0.319. The van der Waals surface area contributed by atoms with Crippen LogP contribution in [-0.2, 0) is 4.79 Å². The lowest BCUT2D eigenvalue weighted by molar-refractivity contribution is -0.118. The summed E-state index contributed by atoms with van der Waals surface area (Å²) in [7, 11) is 1.59. The van der Waals surface area contributed by atoms with Gasteiger partial charge in [-0.15, -0.1) is 12.4 Å². The average molecular weight is 310 g/mol. The molecule has 1 aromatic rings. The summed E-state index contributed by atoms with van der Waals surface area (Å²) in [4.78, 5) is 10.7. The van der Waals surface area contributed by atoms with Crippen LogP contribution in [-0.4, -0.2) is 13.0 Å². The van der Waals surface area contributed by atoms with Gasteiger partial charge in [-0.25, -0.2) is 0 Å². The van der Waals surface area contributed by atoms with E-state index in [4.69, 9.17) is 16.2 Å². The minimum Gasteiger partial charge on any atom is -0.496 e. The van der Waals surface area contributed by atoms with Gasteiger partial charge in [0.1, 0.15) is 5.75 Å². The van der Waals surface area contributed by atoms with Crippen LogP contribution in [0.1, 0.15) is 18.0 Å². The molecule has 0 fully saturated rings. The molecule has 1 rings (SSSR count). The summed E-state index contributed by atoms with van der Waals surface area (Å²) < 4.78 is 5.89. The number of nitrogens with two attached hydrogens (primary N) is 2. The number of ether oxygens (including phenoxy) is 1. The molecule has 1 aromatic carbocycles. The fourth-order valence-corrected chi connectivity index (χ4v) is 1.81. The van der Waals surface area contributed by atoms with E-state index in [9.17, 15) is 4.79 Å². The number of carbonyl (C=O) groups is 1. The highest BCUT2D eigenvalue weighted by atomic mass is 79.9. The third kappa shape index (κ3) is 4.00. The van der Waals surface area contributed by atoms with E-state index in [0.717, 1.165) is 15.8 Å². The van der Waals surface area contributed by atoms with Gasteiger partial charge in [0, 0.05) is 12.5 Å². The fraction of sp³-hybridized carbons (Fsp3) is 0.300. The molecule has 0 saturated heterocycles. The van der Waals surface area contributed by atoms with Crippen LogP contribution in [0.3, 0.4) is 0 Å². The molecule has 0 aromatic heterocycles. The minimum atomic E-state index is -0.408. The van der Waals surface area contributed by atoms with Gasteiger partial charge in [-0.3, -0.25) is 4.79 Å². The van der Waals surface area contributed by atoms with E-state index in [2.05, 4.69) is 15.9 Å². The number of rotatable bonds is 4. The maximum Gasteiger partial charge on any atom is 0.219 e. The van der Waals surface area contributed by atoms with Gasteiger partial charge in [0.2, 0.25) is 5.91 Å². The zero-order valence-corrected chi connectivity index (χ0v) is 11.2. The first-order valence-corrected chi connectivity index (χ1v) is 5.21. The van der Waals surface area contributed by atoms with E-state index in [1.807, 2.05) is 12.1 Å². The van der Waals surface area contributed by atoms with Crippen molar-refractivity contribution in [3.05, 3.63) is 28.2 Å². The Kier molecular flexibility index (Phi) is 6.40. The smallest absolute Gasteiger partial charge is 0.219 e. The molecule has 90 valence electrons. The normalized spacial score (nSPS) is 11.4. The molecule has 1 unspecified atom stereocenters. The number of benzene rings is 1. The molecule has 0 aliphatic rings. The Morgan fingerprint density at radius 1 is 1.56 bits per heavy atom. The van der Waals surface area contributed by atoms with Crippen LogP contribution >= 0.6 is 28.3 Å². The molecule has 1 amide bonds. The molecule has 4 nitrogen and oxygen atoms in total. The number of hydrogen-bond donors (Lipinski definition) is 2. The van der Waals surface area contributed by atoms with Crippen molar-refractivity contribution in [1.29, 1.82) is 0 Å². The van der Waals surface area contributed by atoms with Crippen molar-refractivity contribution in [2.24, 2.45) is 11.5 Å². The topological polar surface area (TPSA) is 78.3 Å². The van der Waals surface area contributed by atoms with E-state index >= 15 is 0 Å². The maximum atomic E-state index is 10.7. The number of amides is 1. The van der Waals surface area contributed by atoms with Gasteiger partial charge in [-0.05, 0) is 33.6 Å². The Hall–Kier alpha value is -0.780. The Balaban J connectivity index is 0.00000225. The predicted molar refractivity (Wildman–Crippen MR) is 68.7 cm³/mol. The second-order valence-corrected chi connectivity index (χ2v) is 4.03. The zero-order chi connectivity index (χ0) is 11.4. The first-order chi connectivity index (χ1) is 7.04. The van der Waals surface area contributed by atoms with Gasteiger partial charge in [0.05, 0.1) is 11.6 Å². The van der Waals surface area contributed by atoms with E-state index in [0.29, 0.717) is 0 Å². The summed E-state index contributed by atoms with van der Waals surface area (Å²) in [6, 6.07) is 5.06. The van der Waals surface area contributed by atoms with Gasteiger partial charge >= 0.3 is 0 Å². The molecular weight excluding hydrogens is 295 g/mol. The van der Waals surface area contributed by atoms with E-state index in [1.54, 1.807) is 13.2 Å². The molecule has 4 N–H and O–H groups in total. The van der Waals surface area contributed by atoms with Crippen LogP contribution in [0, 0.1) is 0 Å². The summed E-state index contributed by atoms with van der Waals surface area (Å²) in [6.07, 6.45) is 0.138. The number of halogens is 2. The average Bonchev–Trinajstić information content (AvgIpc) is 2.16. The molecular formula is C10H14BrClN2O2. The van der Waals surface area contributed by atoms with Crippen LogP contribution in [0.15, 0.2) is 22.7 Å². The van der Waals surface area contributed by atoms with Crippen LogP contribution in [0.5, 0.6) is 5.75 Å². The summed E-state index contributed by atoms with van der Waals surface area (Å²) >= 11 is 3.35. The molecule has 1 atom stereocenters. The van der Waals surface area contributed by atoms with E-state index in [1.165, 1.54) is 0 Å². The van der Waals surface area contributed by atoms with Crippen molar-refractivity contribution in [2.75, 3.05) is 7.11 Å². The second-order valence-electron chi connectivity index (χ2n) is 3.17. The molecule has 16 heavy (non-hydrogen) atoms. The van der Waals surface area contributed by atoms with Crippen LogP contribution in [0.25, 0.3) is 0 Å². The Labute approximate surface area is 109 Å². The molecule has 0 heterocycles. The summed E-state index contributed by atoms with van der Waals surface area (Å²) in [6.45, 7) is 0. The third-order valence-corrected chi connectivity index (χ3v) is 2.64. The highest BCUT2D eigenvalue weighted by molar-refractivity contribution is 9.10. The molecule has 0 aliphatic carbocycles. The van der Waals surface area contributed by atoms with Gasteiger partial charge in [0.15, 0.2) is 0 Å². The van der Waals surface area contributed by atoms with Gasteiger partial charge in [0.25, 0.3) is 0 Å². The second kappa shape index (κ2) is 6.73. The molecule has 0 aliphatic heterocycles. The van der Waals surface area contributed by atoms with Crippen molar-refractivity contribution in [1.82, 2.24) is 0 Å². The summed E-state index contributed by atoms with van der Waals surface area (Å²) in [5.41, 5.74) is 11.7. The van der Waals surface area contributed by atoms with Crippen molar-refractivity contribution in [2.45, 2.75) is 12.5 Å². The fourth-order valence-electron chi connectivity index (χ4n) is 1.25. The van der Waals surface area contributed by atoms with Gasteiger partial charge < -0.3 is 16.2 Å². The standard InChI is InChI=1S/C10H13BrN2O2.ClH/c1-15-9-3-2-6(4-7(9)11)8(12)5-10(13)14;/h2-4,8H,5,12H2,1H3,(H2,13,14);1H. The van der Waals surface area contributed by atoms with Crippen LogP contribution < -0.4 is 16.2 Å². The van der Waals surface area contributed by atoms with Crippen molar-refractivity contribution in [3.8, 4) is 5.75 Å². The van der Waals surface area contributed by atoms with Gasteiger partial charge in [-0.1, -0.05) is 6.07 Å². The van der Waals surface area contributed by atoms with E-state index in [-0.39, 0.29) is 24.9 Å². The molecule has 0 bridgehead atoms. The molecule has 0 radical (unpaired) electrons. The predicted octanol–water partition coefficient (Wildman–Crippen LogP) is 1.75. The largest absolute Gasteiger partial charge is 0.496 e. The lowest BCUT2D eigenvalue weighted by Gasteiger charge is -2.11. The highest BCUT2D eigenvalue weighted by Crippen LogP contribution is 2.28. The Morgan fingerprint density at radius 3 is 2.62 bits per heavy atom. The number of methoxy groups -OCH3 is 1. The first-order valence-electron chi connectivity index (χ1n) is 4.42. The highest BCUT2D eigenvalue weighted by Gasteiger charge is 2.11. The van der Waals surface area contributed by atoms with Crippen molar-refractivity contribution in [3.63, 3.8) is 0 Å². The Bertz CT molecular complexity index is 374.